The predicted octanol–water partition coefficient (Wildman–Crippen LogP) is 3.92. The summed E-state index contributed by atoms with van der Waals surface area (Å²) >= 11 is 1.43. The third-order valence-electron chi connectivity index (χ3n) is 4.39. The molecule has 0 radical (unpaired) electrons. The van der Waals surface area contributed by atoms with E-state index in [9.17, 15) is 4.79 Å². The number of nitrogens with zero attached hydrogens (tertiary/aromatic N) is 2. The SMILES string of the molecule is Cc1ccc(OCc2csc(C(=O)NCc3c(C)nn(C)c3C)c2)cc1. The molecule has 1 N–H and O–H groups in total. The number of hydrogen-bond acceptors (Lipinski definition) is 4. The molecular formula is C20H23N3O2S. The number of benzene rings is 1. The lowest BCUT2D eigenvalue weighted by molar-refractivity contribution is 0.0955. The van der Waals surface area contributed by atoms with Crippen molar-refractivity contribution in [2.75, 3.05) is 0 Å². The zero-order valence-electron chi connectivity index (χ0n) is 15.5. The quantitative estimate of drug-likeness (QED) is 0.717. The van der Waals surface area contributed by atoms with Gasteiger partial charge in [-0.3, -0.25) is 9.48 Å². The first kappa shape index (κ1) is 18.2. The number of ether oxygens (including phenoxy) is 1. The molecule has 2 heterocycles. The van der Waals surface area contributed by atoms with Crippen molar-refractivity contribution in [1.82, 2.24) is 15.1 Å². The smallest absolute Gasteiger partial charge is 0.261 e. The largest absolute Gasteiger partial charge is 0.489 e. The predicted molar refractivity (Wildman–Crippen MR) is 104 cm³/mol. The van der Waals surface area contributed by atoms with Gasteiger partial charge in [0, 0.05) is 30.4 Å². The number of carbonyl (C=O) groups excluding carboxylic acids is 1. The second-order valence-corrected chi connectivity index (χ2v) is 7.29. The Bertz CT molecular complexity index is 910. The van der Waals surface area contributed by atoms with Gasteiger partial charge < -0.3 is 10.1 Å². The van der Waals surface area contributed by atoms with Crippen LogP contribution in [0.4, 0.5) is 0 Å². The van der Waals surface area contributed by atoms with E-state index in [1.165, 1.54) is 16.9 Å². The molecule has 0 saturated heterocycles. The highest BCUT2D eigenvalue weighted by Crippen LogP contribution is 2.19. The molecule has 1 aromatic carbocycles. The summed E-state index contributed by atoms with van der Waals surface area (Å²) in [6.07, 6.45) is 0. The van der Waals surface area contributed by atoms with Crippen molar-refractivity contribution in [2.45, 2.75) is 33.9 Å². The molecule has 6 heteroatoms. The fourth-order valence-corrected chi connectivity index (χ4v) is 3.51. The van der Waals surface area contributed by atoms with Crippen LogP contribution in [0, 0.1) is 20.8 Å². The van der Waals surface area contributed by atoms with Crippen LogP contribution in [0.5, 0.6) is 5.75 Å². The molecular weight excluding hydrogens is 346 g/mol. The van der Waals surface area contributed by atoms with Gasteiger partial charge >= 0.3 is 0 Å². The zero-order valence-corrected chi connectivity index (χ0v) is 16.3. The number of amides is 1. The molecule has 2 aromatic heterocycles. The van der Waals surface area contributed by atoms with Crippen molar-refractivity contribution >= 4 is 17.2 Å². The Balaban J connectivity index is 1.56. The second-order valence-electron chi connectivity index (χ2n) is 6.38. The van der Waals surface area contributed by atoms with Gasteiger partial charge in [0.15, 0.2) is 0 Å². The van der Waals surface area contributed by atoms with E-state index in [0.717, 1.165) is 28.3 Å². The number of carbonyl (C=O) groups is 1. The van der Waals surface area contributed by atoms with Crippen LogP contribution in [0.25, 0.3) is 0 Å². The lowest BCUT2D eigenvalue weighted by Gasteiger charge is -2.05. The summed E-state index contributed by atoms with van der Waals surface area (Å²) in [6, 6.07) is 9.83. The highest BCUT2D eigenvalue weighted by molar-refractivity contribution is 7.12. The number of hydrogen-bond donors (Lipinski definition) is 1. The summed E-state index contributed by atoms with van der Waals surface area (Å²) in [4.78, 5) is 13.1. The number of rotatable bonds is 6. The van der Waals surface area contributed by atoms with E-state index in [1.807, 2.05) is 68.2 Å². The average Bonchev–Trinajstić information content (AvgIpc) is 3.18. The molecule has 0 bridgehead atoms. The van der Waals surface area contributed by atoms with Crippen LogP contribution < -0.4 is 10.1 Å². The van der Waals surface area contributed by atoms with Crippen molar-refractivity contribution in [2.24, 2.45) is 7.05 Å². The summed E-state index contributed by atoms with van der Waals surface area (Å²) in [5.41, 5.74) is 5.28. The molecule has 3 rings (SSSR count). The molecule has 0 spiro atoms. The topological polar surface area (TPSA) is 56.1 Å². The van der Waals surface area contributed by atoms with Gasteiger partial charge in [-0.1, -0.05) is 17.7 Å². The Hall–Kier alpha value is -2.60. The van der Waals surface area contributed by atoms with Crippen LogP contribution in [0.15, 0.2) is 35.7 Å². The molecule has 0 aliphatic heterocycles. The number of aromatic nitrogens is 2. The van der Waals surface area contributed by atoms with E-state index in [0.29, 0.717) is 18.0 Å². The Labute approximate surface area is 157 Å². The Morgan fingerprint density at radius 3 is 2.62 bits per heavy atom. The summed E-state index contributed by atoms with van der Waals surface area (Å²) in [5.74, 6) is 0.759. The second kappa shape index (κ2) is 7.74. The minimum atomic E-state index is -0.0701. The van der Waals surface area contributed by atoms with E-state index in [4.69, 9.17) is 4.74 Å². The molecule has 0 aliphatic rings. The first-order chi connectivity index (χ1) is 12.4. The van der Waals surface area contributed by atoms with E-state index in [-0.39, 0.29) is 5.91 Å². The number of thiophene rings is 1. The summed E-state index contributed by atoms with van der Waals surface area (Å²) < 4.78 is 7.60. The van der Waals surface area contributed by atoms with Crippen LogP contribution in [-0.2, 0) is 20.2 Å². The molecule has 0 unspecified atom stereocenters. The fraction of sp³-hybridized carbons (Fsp3) is 0.300. The van der Waals surface area contributed by atoms with Gasteiger partial charge in [0.05, 0.1) is 10.6 Å². The molecule has 5 nitrogen and oxygen atoms in total. The van der Waals surface area contributed by atoms with Gasteiger partial charge in [-0.25, -0.2) is 0 Å². The lowest BCUT2D eigenvalue weighted by Crippen LogP contribution is -2.22. The van der Waals surface area contributed by atoms with Gasteiger partial charge in [0.2, 0.25) is 0 Å². The number of aryl methyl sites for hydroxylation is 3. The van der Waals surface area contributed by atoms with Crippen molar-refractivity contribution in [3.63, 3.8) is 0 Å². The highest BCUT2D eigenvalue weighted by Gasteiger charge is 2.13. The maximum atomic E-state index is 12.4. The number of nitrogens with one attached hydrogen (secondary N) is 1. The van der Waals surface area contributed by atoms with Crippen LogP contribution in [0.3, 0.4) is 0 Å². The third-order valence-corrected chi connectivity index (χ3v) is 5.37. The average molecular weight is 369 g/mol. The third kappa shape index (κ3) is 4.14. The van der Waals surface area contributed by atoms with Crippen molar-refractivity contribution in [3.8, 4) is 5.75 Å². The Kier molecular flexibility index (Phi) is 5.42. The van der Waals surface area contributed by atoms with Crippen molar-refractivity contribution in [1.29, 1.82) is 0 Å². The molecule has 136 valence electrons. The monoisotopic (exact) mass is 369 g/mol. The standard InChI is InChI=1S/C20H23N3O2S/c1-13-5-7-17(8-6-13)25-11-16-9-19(26-12-16)20(24)21-10-18-14(2)22-23(4)15(18)3/h5-9,12H,10-11H2,1-4H3,(H,21,24). The molecule has 0 fully saturated rings. The first-order valence-corrected chi connectivity index (χ1v) is 9.36. The molecule has 0 atom stereocenters. The van der Waals surface area contributed by atoms with Gasteiger partial charge in [-0.05, 0) is 44.4 Å². The van der Waals surface area contributed by atoms with Gasteiger partial charge in [0.25, 0.3) is 5.91 Å². The summed E-state index contributed by atoms with van der Waals surface area (Å²) in [7, 11) is 1.91. The summed E-state index contributed by atoms with van der Waals surface area (Å²) in [5, 5.41) is 9.32. The van der Waals surface area contributed by atoms with Crippen LogP contribution in [0.1, 0.15) is 37.7 Å². The van der Waals surface area contributed by atoms with E-state index >= 15 is 0 Å². The van der Waals surface area contributed by atoms with E-state index in [2.05, 4.69) is 10.4 Å². The molecule has 0 saturated carbocycles. The van der Waals surface area contributed by atoms with Crippen LogP contribution in [-0.4, -0.2) is 15.7 Å². The van der Waals surface area contributed by atoms with Crippen LogP contribution in [0.2, 0.25) is 0 Å². The maximum Gasteiger partial charge on any atom is 0.261 e. The van der Waals surface area contributed by atoms with Crippen LogP contribution >= 0.6 is 11.3 Å². The first-order valence-electron chi connectivity index (χ1n) is 8.48. The molecule has 0 aliphatic carbocycles. The van der Waals surface area contributed by atoms with Crippen molar-refractivity contribution in [3.05, 3.63) is 68.7 Å². The van der Waals surface area contributed by atoms with E-state index in [1.54, 1.807) is 0 Å². The molecule has 26 heavy (non-hydrogen) atoms. The minimum Gasteiger partial charge on any atom is -0.489 e. The van der Waals surface area contributed by atoms with Crippen molar-refractivity contribution < 1.29 is 9.53 Å². The molecule has 3 aromatic rings. The van der Waals surface area contributed by atoms with Gasteiger partial charge in [-0.15, -0.1) is 11.3 Å². The van der Waals surface area contributed by atoms with E-state index < -0.39 is 0 Å². The maximum absolute atomic E-state index is 12.4. The fourth-order valence-electron chi connectivity index (χ4n) is 2.70. The zero-order chi connectivity index (χ0) is 18.7. The Morgan fingerprint density at radius 2 is 1.96 bits per heavy atom. The van der Waals surface area contributed by atoms with Gasteiger partial charge in [-0.2, -0.15) is 5.10 Å². The van der Waals surface area contributed by atoms with Gasteiger partial charge in [0.1, 0.15) is 12.4 Å². The molecule has 1 amide bonds. The lowest BCUT2D eigenvalue weighted by atomic mass is 10.2. The minimum absolute atomic E-state index is 0.0701. The summed E-state index contributed by atoms with van der Waals surface area (Å²) in [6.45, 7) is 6.94. The highest BCUT2D eigenvalue weighted by atomic mass is 32.1. The Morgan fingerprint density at radius 1 is 1.23 bits per heavy atom. The normalized spacial score (nSPS) is 10.8.